The molecule has 1 aliphatic carbocycles. The van der Waals surface area contributed by atoms with Crippen LogP contribution in [0.15, 0.2) is 52.8 Å². The van der Waals surface area contributed by atoms with Gasteiger partial charge in [0.1, 0.15) is 0 Å². The Morgan fingerprint density at radius 3 is 2.82 bits per heavy atom. The lowest BCUT2D eigenvalue weighted by Crippen LogP contribution is -2.14. The van der Waals surface area contributed by atoms with Crippen molar-refractivity contribution in [3.63, 3.8) is 0 Å². The smallest absolute Gasteiger partial charge is 0.252 e. The number of benzene rings is 1. The van der Waals surface area contributed by atoms with Crippen LogP contribution >= 0.6 is 0 Å². The second-order valence-corrected chi connectivity index (χ2v) is 5.63. The molecular formula is C18H21N3O. The Morgan fingerprint density at radius 2 is 2.05 bits per heavy atom. The molecule has 1 aromatic heterocycles. The highest BCUT2D eigenvalue weighted by Crippen LogP contribution is 2.20. The van der Waals surface area contributed by atoms with E-state index in [4.69, 9.17) is 0 Å². The monoisotopic (exact) mass is 295 g/mol. The molecule has 4 heteroatoms. The van der Waals surface area contributed by atoms with Gasteiger partial charge in [-0.05, 0) is 32.1 Å². The number of aromatic nitrogens is 2. The zero-order valence-electron chi connectivity index (χ0n) is 12.6. The summed E-state index contributed by atoms with van der Waals surface area (Å²) in [7, 11) is 0. The molecule has 1 aromatic carbocycles. The third-order valence-corrected chi connectivity index (χ3v) is 3.93. The topological polar surface area (TPSA) is 57.8 Å². The van der Waals surface area contributed by atoms with Crippen molar-refractivity contribution in [2.45, 2.75) is 32.1 Å². The van der Waals surface area contributed by atoms with Gasteiger partial charge in [0.25, 0.3) is 5.56 Å². The quantitative estimate of drug-likeness (QED) is 0.826. The summed E-state index contributed by atoms with van der Waals surface area (Å²) in [5.74, 6) is 0.544. The van der Waals surface area contributed by atoms with Crippen LogP contribution in [0.1, 0.15) is 32.1 Å². The molecule has 0 unspecified atom stereocenters. The normalized spacial score (nSPS) is 14.5. The van der Waals surface area contributed by atoms with Crippen molar-refractivity contribution in [1.82, 2.24) is 9.97 Å². The molecule has 0 spiro atoms. The highest BCUT2D eigenvalue weighted by Gasteiger charge is 2.05. The van der Waals surface area contributed by atoms with E-state index in [9.17, 15) is 4.79 Å². The Balaban J connectivity index is 1.67. The van der Waals surface area contributed by atoms with Crippen LogP contribution < -0.4 is 10.9 Å². The van der Waals surface area contributed by atoms with Crippen molar-refractivity contribution >= 4 is 5.95 Å². The Hall–Kier alpha value is -2.36. The minimum Gasteiger partial charge on any atom is -0.355 e. The Bertz CT molecular complexity index is 704. The highest BCUT2D eigenvalue weighted by atomic mass is 16.1. The molecule has 2 N–H and O–H groups in total. The highest BCUT2D eigenvalue weighted by molar-refractivity contribution is 5.59. The molecule has 0 amide bonds. The average Bonchev–Trinajstić information content (AvgIpc) is 2.56. The SMILES string of the molecule is O=c1cc(-c2ccccc2)nc(NCCC2=CCCCC2)[nH]1. The lowest BCUT2D eigenvalue weighted by atomic mass is 9.97. The Morgan fingerprint density at radius 1 is 1.18 bits per heavy atom. The number of hydrogen-bond acceptors (Lipinski definition) is 3. The van der Waals surface area contributed by atoms with Crippen molar-refractivity contribution in [2.75, 3.05) is 11.9 Å². The molecule has 0 atom stereocenters. The van der Waals surface area contributed by atoms with E-state index in [1.54, 1.807) is 0 Å². The summed E-state index contributed by atoms with van der Waals surface area (Å²) in [6, 6.07) is 11.3. The van der Waals surface area contributed by atoms with E-state index in [2.05, 4.69) is 21.4 Å². The van der Waals surface area contributed by atoms with Gasteiger partial charge in [-0.3, -0.25) is 9.78 Å². The Labute approximate surface area is 130 Å². The first kappa shape index (κ1) is 14.6. The number of hydrogen-bond donors (Lipinski definition) is 2. The van der Waals surface area contributed by atoms with Crippen LogP contribution in [0.5, 0.6) is 0 Å². The van der Waals surface area contributed by atoms with E-state index >= 15 is 0 Å². The van der Waals surface area contributed by atoms with Gasteiger partial charge < -0.3 is 5.32 Å². The van der Waals surface area contributed by atoms with Crippen molar-refractivity contribution in [3.8, 4) is 11.3 Å². The number of rotatable bonds is 5. The Kier molecular flexibility index (Phi) is 4.68. The van der Waals surface area contributed by atoms with Crippen LogP contribution in [0.4, 0.5) is 5.95 Å². The second-order valence-electron chi connectivity index (χ2n) is 5.63. The van der Waals surface area contributed by atoms with Crippen LogP contribution in [0.3, 0.4) is 0 Å². The maximum Gasteiger partial charge on any atom is 0.252 e. The van der Waals surface area contributed by atoms with Crippen LogP contribution in [0.25, 0.3) is 11.3 Å². The maximum atomic E-state index is 11.8. The molecule has 0 saturated carbocycles. The molecular weight excluding hydrogens is 274 g/mol. The van der Waals surface area contributed by atoms with E-state index in [1.807, 2.05) is 30.3 Å². The summed E-state index contributed by atoms with van der Waals surface area (Å²) in [4.78, 5) is 19.1. The van der Waals surface area contributed by atoms with Gasteiger partial charge in [-0.2, -0.15) is 0 Å². The number of aromatic amines is 1. The summed E-state index contributed by atoms with van der Waals surface area (Å²) in [6.45, 7) is 0.799. The van der Waals surface area contributed by atoms with Gasteiger partial charge in [0.2, 0.25) is 5.95 Å². The largest absolute Gasteiger partial charge is 0.355 e. The molecule has 0 aliphatic heterocycles. The van der Waals surface area contributed by atoms with Gasteiger partial charge in [0, 0.05) is 18.2 Å². The number of anilines is 1. The van der Waals surface area contributed by atoms with Crippen LogP contribution in [0.2, 0.25) is 0 Å². The summed E-state index contributed by atoms with van der Waals surface area (Å²) in [6.07, 6.45) is 8.37. The van der Waals surface area contributed by atoms with Crippen LogP contribution in [-0.2, 0) is 0 Å². The lowest BCUT2D eigenvalue weighted by molar-refractivity contribution is 0.679. The molecule has 3 rings (SSSR count). The molecule has 114 valence electrons. The van der Waals surface area contributed by atoms with E-state index in [0.717, 1.165) is 18.5 Å². The minimum absolute atomic E-state index is 0.131. The average molecular weight is 295 g/mol. The molecule has 0 radical (unpaired) electrons. The van der Waals surface area contributed by atoms with E-state index in [0.29, 0.717) is 11.6 Å². The second kappa shape index (κ2) is 7.07. The molecule has 2 aromatic rings. The fraction of sp³-hybridized carbons (Fsp3) is 0.333. The molecule has 0 bridgehead atoms. The standard InChI is InChI=1S/C18H21N3O/c22-17-13-16(15-9-5-2-6-10-15)20-18(21-17)19-12-11-14-7-3-1-4-8-14/h2,5-7,9-10,13H,1,3-4,8,11-12H2,(H2,19,20,21,22). The predicted octanol–water partition coefficient (Wildman–Crippen LogP) is 3.74. The predicted molar refractivity (Wildman–Crippen MR) is 90.0 cm³/mol. The number of nitrogens with one attached hydrogen (secondary N) is 2. The van der Waals surface area contributed by atoms with Gasteiger partial charge in [0.05, 0.1) is 5.69 Å². The molecule has 1 aliphatic rings. The molecule has 0 fully saturated rings. The summed E-state index contributed by atoms with van der Waals surface area (Å²) >= 11 is 0. The van der Waals surface area contributed by atoms with Gasteiger partial charge in [0.15, 0.2) is 0 Å². The van der Waals surface area contributed by atoms with Crippen LogP contribution in [-0.4, -0.2) is 16.5 Å². The third kappa shape index (κ3) is 3.85. The van der Waals surface area contributed by atoms with Gasteiger partial charge in [-0.25, -0.2) is 4.98 Å². The lowest BCUT2D eigenvalue weighted by Gasteiger charge is -2.13. The van der Waals surface area contributed by atoms with E-state index < -0.39 is 0 Å². The first-order chi connectivity index (χ1) is 10.8. The van der Waals surface area contributed by atoms with Gasteiger partial charge in [-0.15, -0.1) is 0 Å². The minimum atomic E-state index is -0.131. The van der Waals surface area contributed by atoms with Crippen molar-refractivity contribution < 1.29 is 0 Å². The third-order valence-electron chi connectivity index (χ3n) is 3.93. The fourth-order valence-electron chi connectivity index (χ4n) is 2.77. The summed E-state index contributed by atoms with van der Waals surface area (Å²) < 4.78 is 0. The first-order valence-electron chi connectivity index (χ1n) is 7.90. The zero-order chi connectivity index (χ0) is 15.2. The van der Waals surface area contributed by atoms with Crippen LogP contribution in [0, 0.1) is 0 Å². The molecule has 1 heterocycles. The summed E-state index contributed by atoms with van der Waals surface area (Å²) in [5, 5.41) is 3.24. The van der Waals surface area contributed by atoms with Crippen molar-refractivity contribution in [1.29, 1.82) is 0 Å². The van der Waals surface area contributed by atoms with Gasteiger partial charge >= 0.3 is 0 Å². The number of H-pyrrole nitrogens is 1. The van der Waals surface area contributed by atoms with E-state index in [1.165, 1.54) is 37.3 Å². The maximum absolute atomic E-state index is 11.8. The molecule has 22 heavy (non-hydrogen) atoms. The van der Waals surface area contributed by atoms with Gasteiger partial charge in [-0.1, -0.05) is 42.0 Å². The molecule has 4 nitrogen and oxygen atoms in total. The number of allylic oxidation sites excluding steroid dienone is 1. The molecule has 0 saturated heterocycles. The zero-order valence-corrected chi connectivity index (χ0v) is 12.6. The van der Waals surface area contributed by atoms with Crippen molar-refractivity contribution in [3.05, 3.63) is 58.4 Å². The number of nitrogens with zero attached hydrogens (tertiary/aromatic N) is 1. The van der Waals surface area contributed by atoms with Crippen molar-refractivity contribution in [2.24, 2.45) is 0 Å². The van der Waals surface area contributed by atoms with E-state index in [-0.39, 0.29) is 5.56 Å². The summed E-state index contributed by atoms with van der Waals surface area (Å²) in [5.41, 5.74) is 3.03. The first-order valence-corrected chi connectivity index (χ1v) is 7.90. The fourth-order valence-corrected chi connectivity index (χ4v) is 2.77.